The van der Waals surface area contributed by atoms with Crippen LogP contribution in [0.2, 0.25) is 0 Å². The number of piperazine rings is 1. The van der Waals surface area contributed by atoms with Crippen LogP contribution in [0.15, 0.2) is 34.1 Å². The fourth-order valence-corrected chi connectivity index (χ4v) is 4.14. The molecule has 1 aromatic rings. The molecule has 1 aliphatic heterocycles. The lowest BCUT2D eigenvalue weighted by Gasteiger charge is -2.31. The molecule has 4 nitrogen and oxygen atoms in total. The Morgan fingerprint density at radius 3 is 2.89 bits per heavy atom. The summed E-state index contributed by atoms with van der Waals surface area (Å²) in [6.07, 6.45) is 1.94. The predicted octanol–water partition coefficient (Wildman–Crippen LogP) is 1.39. The summed E-state index contributed by atoms with van der Waals surface area (Å²) >= 11 is 1.55. The quantitative estimate of drug-likeness (QED) is 0.853. The van der Waals surface area contributed by atoms with Crippen LogP contribution in [0.1, 0.15) is 6.92 Å². The minimum atomic E-state index is -3.35. The number of rotatable bonds is 3. The fraction of sp³-hybridized carbons (Fsp3) is 0.500. The van der Waals surface area contributed by atoms with Crippen LogP contribution in [0.3, 0.4) is 0 Å². The van der Waals surface area contributed by atoms with E-state index in [2.05, 4.69) is 5.32 Å². The Morgan fingerprint density at radius 2 is 2.22 bits per heavy atom. The van der Waals surface area contributed by atoms with Gasteiger partial charge in [0.25, 0.3) is 0 Å². The Bertz CT molecular complexity index is 517. The highest BCUT2D eigenvalue weighted by atomic mass is 32.2. The van der Waals surface area contributed by atoms with Crippen molar-refractivity contribution in [1.29, 1.82) is 0 Å². The summed E-state index contributed by atoms with van der Waals surface area (Å²) in [5.41, 5.74) is 0. The Balaban J connectivity index is 2.29. The minimum absolute atomic E-state index is 0.206. The molecular weight excluding hydrogens is 268 g/mol. The molecule has 1 saturated heterocycles. The maximum atomic E-state index is 12.5. The van der Waals surface area contributed by atoms with E-state index in [1.165, 1.54) is 0 Å². The van der Waals surface area contributed by atoms with Gasteiger partial charge in [-0.3, -0.25) is 0 Å². The molecular formula is C12H18N2O2S2. The van der Waals surface area contributed by atoms with Crippen molar-refractivity contribution < 1.29 is 8.42 Å². The van der Waals surface area contributed by atoms with E-state index in [1.54, 1.807) is 34.3 Å². The van der Waals surface area contributed by atoms with Gasteiger partial charge in [0.2, 0.25) is 10.0 Å². The molecule has 0 spiro atoms. The van der Waals surface area contributed by atoms with Gasteiger partial charge in [-0.2, -0.15) is 4.31 Å². The van der Waals surface area contributed by atoms with Gasteiger partial charge >= 0.3 is 0 Å². The molecule has 0 bridgehead atoms. The van der Waals surface area contributed by atoms with Gasteiger partial charge in [-0.25, -0.2) is 8.42 Å². The molecule has 1 atom stereocenters. The van der Waals surface area contributed by atoms with Crippen LogP contribution in [0.4, 0.5) is 0 Å². The van der Waals surface area contributed by atoms with E-state index in [4.69, 9.17) is 0 Å². The van der Waals surface area contributed by atoms with Gasteiger partial charge in [-0.15, -0.1) is 11.8 Å². The predicted molar refractivity (Wildman–Crippen MR) is 74.4 cm³/mol. The van der Waals surface area contributed by atoms with Gasteiger partial charge in [0.15, 0.2) is 0 Å². The van der Waals surface area contributed by atoms with Crippen molar-refractivity contribution in [2.75, 3.05) is 25.9 Å². The second kappa shape index (κ2) is 5.61. The molecule has 1 fully saturated rings. The van der Waals surface area contributed by atoms with Crippen molar-refractivity contribution in [3.63, 3.8) is 0 Å². The Labute approximate surface area is 113 Å². The number of nitrogens with one attached hydrogen (secondary N) is 1. The van der Waals surface area contributed by atoms with Gasteiger partial charge in [0.1, 0.15) is 0 Å². The van der Waals surface area contributed by atoms with Gasteiger partial charge < -0.3 is 5.32 Å². The molecule has 1 aliphatic rings. The van der Waals surface area contributed by atoms with Crippen LogP contribution in [-0.2, 0) is 10.0 Å². The third kappa shape index (κ3) is 2.88. The van der Waals surface area contributed by atoms with Crippen LogP contribution >= 0.6 is 11.8 Å². The lowest BCUT2D eigenvalue weighted by molar-refractivity contribution is 0.310. The Morgan fingerprint density at radius 1 is 1.44 bits per heavy atom. The van der Waals surface area contributed by atoms with Crippen LogP contribution in [0.5, 0.6) is 0 Å². The number of sulfonamides is 1. The third-order valence-electron chi connectivity index (χ3n) is 3.01. The zero-order chi connectivity index (χ0) is 13.2. The number of benzene rings is 1. The van der Waals surface area contributed by atoms with E-state index in [0.29, 0.717) is 24.5 Å². The standard InChI is InChI=1S/C12H18N2O2S2/c1-10-9-14(7-6-13-10)18(15,16)12-5-3-4-11(8-12)17-2/h3-5,8,10,13H,6-7,9H2,1-2H3/t10-/m0/s1. The largest absolute Gasteiger partial charge is 0.312 e. The first-order chi connectivity index (χ1) is 8.54. The van der Waals surface area contributed by atoms with Crippen molar-refractivity contribution in [3.8, 4) is 0 Å². The topological polar surface area (TPSA) is 49.4 Å². The minimum Gasteiger partial charge on any atom is -0.312 e. The summed E-state index contributed by atoms with van der Waals surface area (Å²) in [5.74, 6) is 0. The summed E-state index contributed by atoms with van der Waals surface area (Å²) in [6.45, 7) is 3.78. The number of nitrogens with zero attached hydrogens (tertiary/aromatic N) is 1. The molecule has 6 heteroatoms. The smallest absolute Gasteiger partial charge is 0.243 e. The van der Waals surface area contributed by atoms with Crippen molar-refractivity contribution >= 4 is 21.8 Å². The average molecular weight is 286 g/mol. The highest BCUT2D eigenvalue weighted by Gasteiger charge is 2.28. The van der Waals surface area contributed by atoms with E-state index >= 15 is 0 Å². The van der Waals surface area contributed by atoms with Gasteiger partial charge in [0, 0.05) is 30.6 Å². The zero-order valence-electron chi connectivity index (χ0n) is 10.6. The van der Waals surface area contributed by atoms with E-state index in [9.17, 15) is 8.42 Å². The van der Waals surface area contributed by atoms with Crippen molar-refractivity contribution in [1.82, 2.24) is 9.62 Å². The molecule has 18 heavy (non-hydrogen) atoms. The van der Waals surface area contributed by atoms with E-state index in [-0.39, 0.29) is 6.04 Å². The zero-order valence-corrected chi connectivity index (χ0v) is 12.2. The molecule has 1 heterocycles. The molecule has 2 rings (SSSR count). The molecule has 0 unspecified atom stereocenters. The molecule has 100 valence electrons. The Hall–Kier alpha value is -0.560. The third-order valence-corrected chi connectivity index (χ3v) is 5.60. The first-order valence-electron chi connectivity index (χ1n) is 5.91. The van der Waals surface area contributed by atoms with Gasteiger partial charge in [-0.1, -0.05) is 6.07 Å². The van der Waals surface area contributed by atoms with Gasteiger partial charge in [-0.05, 0) is 31.4 Å². The number of hydrogen-bond donors (Lipinski definition) is 1. The average Bonchev–Trinajstić information content (AvgIpc) is 2.39. The first-order valence-corrected chi connectivity index (χ1v) is 8.58. The normalized spacial score (nSPS) is 22.0. The van der Waals surface area contributed by atoms with Crippen LogP contribution in [-0.4, -0.2) is 44.7 Å². The molecule has 0 saturated carbocycles. The van der Waals surface area contributed by atoms with E-state index in [1.807, 2.05) is 19.2 Å². The number of hydrogen-bond acceptors (Lipinski definition) is 4. The van der Waals surface area contributed by atoms with Crippen molar-refractivity contribution in [3.05, 3.63) is 24.3 Å². The maximum absolute atomic E-state index is 12.5. The van der Waals surface area contributed by atoms with Crippen LogP contribution in [0, 0.1) is 0 Å². The summed E-state index contributed by atoms with van der Waals surface area (Å²) in [7, 11) is -3.35. The molecule has 0 radical (unpaired) electrons. The second-order valence-electron chi connectivity index (χ2n) is 4.40. The lowest BCUT2D eigenvalue weighted by Crippen LogP contribution is -2.51. The highest BCUT2D eigenvalue weighted by Crippen LogP contribution is 2.22. The van der Waals surface area contributed by atoms with E-state index in [0.717, 1.165) is 4.90 Å². The Kier molecular flexibility index (Phi) is 4.32. The SMILES string of the molecule is CSc1cccc(S(=O)(=O)N2CCN[C@@H](C)C2)c1. The summed E-state index contributed by atoms with van der Waals surface area (Å²) in [4.78, 5) is 1.36. The van der Waals surface area contributed by atoms with Crippen LogP contribution in [0.25, 0.3) is 0 Å². The summed E-state index contributed by atoms with van der Waals surface area (Å²) in [6, 6.07) is 7.33. The highest BCUT2D eigenvalue weighted by molar-refractivity contribution is 7.98. The fourth-order valence-electron chi connectivity index (χ4n) is 2.03. The number of thioether (sulfide) groups is 1. The molecule has 0 aromatic heterocycles. The van der Waals surface area contributed by atoms with Crippen molar-refractivity contribution in [2.24, 2.45) is 0 Å². The van der Waals surface area contributed by atoms with Crippen molar-refractivity contribution in [2.45, 2.75) is 22.8 Å². The first kappa shape index (κ1) is 13.9. The summed E-state index contributed by atoms with van der Waals surface area (Å²) in [5, 5.41) is 3.25. The molecule has 1 aromatic carbocycles. The second-order valence-corrected chi connectivity index (χ2v) is 7.21. The summed E-state index contributed by atoms with van der Waals surface area (Å²) < 4.78 is 26.5. The molecule has 0 amide bonds. The lowest BCUT2D eigenvalue weighted by atomic mass is 10.3. The maximum Gasteiger partial charge on any atom is 0.243 e. The molecule has 0 aliphatic carbocycles. The molecule has 1 N–H and O–H groups in total. The monoisotopic (exact) mass is 286 g/mol. The van der Waals surface area contributed by atoms with Crippen LogP contribution < -0.4 is 5.32 Å². The van der Waals surface area contributed by atoms with Gasteiger partial charge in [0.05, 0.1) is 4.90 Å². The van der Waals surface area contributed by atoms with E-state index < -0.39 is 10.0 Å².